The lowest BCUT2D eigenvalue weighted by Crippen LogP contribution is -1.83. The molecule has 0 unspecified atom stereocenters. The number of ether oxygens (including phenoxy) is 2. The van der Waals surface area contributed by atoms with E-state index in [2.05, 4.69) is 23.7 Å². The molecule has 0 aliphatic carbocycles. The van der Waals surface area contributed by atoms with Crippen molar-refractivity contribution in [2.24, 2.45) is 0 Å². The fourth-order valence-electron chi connectivity index (χ4n) is 2.67. The molecule has 0 saturated heterocycles. The van der Waals surface area contributed by atoms with Gasteiger partial charge in [0.2, 0.25) is 0 Å². The Morgan fingerprint density at radius 3 is 1.07 bits per heavy atom. The van der Waals surface area contributed by atoms with Gasteiger partial charge in [-0.3, -0.25) is 0 Å². The zero-order chi connectivity index (χ0) is 20.4. The Hall–Kier alpha value is -4.40. The minimum absolute atomic E-state index is 0.774. The van der Waals surface area contributed by atoms with E-state index < -0.39 is 0 Å². The molecule has 0 saturated carbocycles. The number of benzene rings is 4. The quantitative estimate of drug-likeness (QED) is 0.365. The van der Waals surface area contributed by atoms with Crippen molar-refractivity contribution in [1.29, 1.82) is 0 Å². The van der Waals surface area contributed by atoms with Gasteiger partial charge in [-0.1, -0.05) is 48.2 Å². The number of para-hydroxylation sites is 2. The topological polar surface area (TPSA) is 18.5 Å². The Morgan fingerprint density at radius 1 is 0.367 bits per heavy atom. The minimum Gasteiger partial charge on any atom is -0.457 e. The van der Waals surface area contributed by atoms with Gasteiger partial charge < -0.3 is 9.47 Å². The first-order valence-corrected chi connectivity index (χ1v) is 9.53. The normalized spacial score (nSPS) is 9.47. The van der Waals surface area contributed by atoms with E-state index in [1.54, 1.807) is 0 Å². The minimum atomic E-state index is 0.774. The maximum Gasteiger partial charge on any atom is 0.127 e. The first-order chi connectivity index (χ1) is 14.8. The molecule has 0 heterocycles. The summed E-state index contributed by atoms with van der Waals surface area (Å²) in [5, 5.41) is 0. The lowest BCUT2D eigenvalue weighted by atomic mass is 10.2. The molecule has 0 aromatic heterocycles. The number of hydrogen-bond donors (Lipinski definition) is 0. The third-order valence-corrected chi connectivity index (χ3v) is 4.14. The first-order valence-electron chi connectivity index (χ1n) is 9.53. The third kappa shape index (κ3) is 5.55. The Labute approximate surface area is 176 Å². The highest BCUT2D eigenvalue weighted by Crippen LogP contribution is 2.21. The van der Waals surface area contributed by atoms with Crippen LogP contribution in [-0.4, -0.2) is 0 Å². The van der Waals surface area contributed by atoms with Crippen LogP contribution in [0, 0.1) is 23.7 Å². The molecule has 4 rings (SSSR count). The smallest absolute Gasteiger partial charge is 0.127 e. The van der Waals surface area contributed by atoms with E-state index >= 15 is 0 Å². The van der Waals surface area contributed by atoms with E-state index in [9.17, 15) is 0 Å². The molecule has 0 aliphatic heterocycles. The summed E-state index contributed by atoms with van der Waals surface area (Å²) in [6.07, 6.45) is 0. The molecule has 142 valence electrons. The van der Waals surface area contributed by atoms with Crippen molar-refractivity contribution >= 4 is 0 Å². The van der Waals surface area contributed by atoms with E-state index in [4.69, 9.17) is 9.47 Å². The van der Waals surface area contributed by atoms with Gasteiger partial charge in [0.05, 0.1) is 0 Å². The standard InChI is InChI=1S/C28H18O2/c1-3-11-25(12-4-1)29-27-19-15-23(16-20-27)9-7-8-10-24-17-21-28(22-18-24)30-26-13-5-2-6-14-26/h1-6,11-22H. The Kier molecular flexibility index (Phi) is 6.12. The molecule has 0 N–H and O–H groups in total. The molecule has 0 radical (unpaired) electrons. The van der Waals surface area contributed by atoms with Crippen LogP contribution in [0.25, 0.3) is 0 Å². The predicted octanol–water partition coefficient (Wildman–Crippen LogP) is 6.67. The lowest BCUT2D eigenvalue weighted by Gasteiger charge is -2.04. The van der Waals surface area contributed by atoms with Crippen molar-refractivity contribution in [3.63, 3.8) is 0 Å². The number of rotatable bonds is 4. The van der Waals surface area contributed by atoms with E-state index in [-0.39, 0.29) is 0 Å². The second kappa shape index (κ2) is 9.69. The van der Waals surface area contributed by atoms with Gasteiger partial charge in [-0.05, 0) is 84.6 Å². The van der Waals surface area contributed by atoms with E-state index in [1.165, 1.54) is 0 Å². The van der Waals surface area contributed by atoms with Gasteiger partial charge in [0, 0.05) is 11.1 Å². The van der Waals surface area contributed by atoms with Gasteiger partial charge >= 0.3 is 0 Å². The van der Waals surface area contributed by atoms with Crippen LogP contribution in [0.2, 0.25) is 0 Å². The van der Waals surface area contributed by atoms with Crippen LogP contribution in [0.4, 0.5) is 0 Å². The molecular formula is C28H18O2. The Bertz CT molecular complexity index is 1100. The van der Waals surface area contributed by atoms with Crippen LogP contribution in [0.1, 0.15) is 11.1 Å². The molecule has 0 bridgehead atoms. The first kappa shape index (κ1) is 18.9. The third-order valence-electron chi connectivity index (χ3n) is 4.14. The predicted molar refractivity (Wildman–Crippen MR) is 120 cm³/mol. The highest BCUT2D eigenvalue weighted by atomic mass is 16.5. The van der Waals surface area contributed by atoms with Crippen molar-refractivity contribution in [3.8, 4) is 46.7 Å². The van der Waals surface area contributed by atoms with Crippen molar-refractivity contribution in [3.05, 3.63) is 120 Å². The zero-order valence-electron chi connectivity index (χ0n) is 16.2. The summed E-state index contributed by atoms with van der Waals surface area (Å²) in [6.45, 7) is 0. The maximum atomic E-state index is 5.78. The van der Waals surface area contributed by atoms with Gasteiger partial charge in [0.15, 0.2) is 0 Å². The highest BCUT2D eigenvalue weighted by molar-refractivity contribution is 5.47. The molecular weight excluding hydrogens is 368 g/mol. The fraction of sp³-hybridized carbons (Fsp3) is 0. The van der Waals surface area contributed by atoms with Crippen LogP contribution in [-0.2, 0) is 0 Å². The van der Waals surface area contributed by atoms with E-state index in [1.807, 2.05) is 109 Å². The number of hydrogen-bond acceptors (Lipinski definition) is 2. The van der Waals surface area contributed by atoms with Crippen molar-refractivity contribution in [1.82, 2.24) is 0 Å². The van der Waals surface area contributed by atoms with Gasteiger partial charge in [0.1, 0.15) is 23.0 Å². The summed E-state index contributed by atoms with van der Waals surface area (Å²) in [6, 6.07) is 34.6. The molecule has 0 aliphatic rings. The average Bonchev–Trinajstić information content (AvgIpc) is 2.80. The van der Waals surface area contributed by atoms with E-state index in [0.29, 0.717) is 0 Å². The Morgan fingerprint density at radius 2 is 0.700 bits per heavy atom. The molecule has 30 heavy (non-hydrogen) atoms. The summed E-state index contributed by atoms with van der Waals surface area (Å²) < 4.78 is 11.6. The zero-order valence-corrected chi connectivity index (χ0v) is 16.2. The van der Waals surface area contributed by atoms with E-state index in [0.717, 1.165) is 34.1 Å². The van der Waals surface area contributed by atoms with Crippen LogP contribution in [0.3, 0.4) is 0 Å². The van der Waals surface area contributed by atoms with Crippen molar-refractivity contribution in [2.45, 2.75) is 0 Å². The largest absolute Gasteiger partial charge is 0.457 e. The van der Waals surface area contributed by atoms with Crippen LogP contribution in [0.15, 0.2) is 109 Å². The van der Waals surface area contributed by atoms with Gasteiger partial charge in [0.25, 0.3) is 0 Å². The molecule has 0 amide bonds. The average molecular weight is 386 g/mol. The summed E-state index contributed by atoms with van der Waals surface area (Å²) >= 11 is 0. The van der Waals surface area contributed by atoms with Crippen molar-refractivity contribution < 1.29 is 9.47 Å². The highest BCUT2D eigenvalue weighted by Gasteiger charge is 1.97. The lowest BCUT2D eigenvalue weighted by molar-refractivity contribution is 0.482. The van der Waals surface area contributed by atoms with Crippen LogP contribution < -0.4 is 9.47 Å². The molecule has 4 aromatic carbocycles. The van der Waals surface area contributed by atoms with Gasteiger partial charge in [-0.25, -0.2) is 0 Å². The Balaban J connectivity index is 1.34. The second-order valence-electron chi connectivity index (χ2n) is 6.38. The monoisotopic (exact) mass is 386 g/mol. The van der Waals surface area contributed by atoms with Gasteiger partial charge in [-0.15, -0.1) is 0 Å². The molecule has 0 spiro atoms. The summed E-state index contributed by atoms with van der Waals surface area (Å²) in [5.41, 5.74) is 1.77. The van der Waals surface area contributed by atoms with Crippen LogP contribution in [0.5, 0.6) is 23.0 Å². The maximum absolute atomic E-state index is 5.78. The molecule has 2 nitrogen and oxygen atoms in total. The SMILES string of the molecule is C(C#Cc1ccc(Oc2ccccc2)cc1)#Cc1ccc(Oc2ccccc2)cc1. The van der Waals surface area contributed by atoms with Crippen LogP contribution >= 0.6 is 0 Å². The molecule has 4 aromatic rings. The van der Waals surface area contributed by atoms with Gasteiger partial charge in [-0.2, -0.15) is 0 Å². The molecule has 2 heteroatoms. The summed E-state index contributed by atoms with van der Waals surface area (Å²) in [4.78, 5) is 0. The summed E-state index contributed by atoms with van der Waals surface area (Å²) in [5.74, 6) is 15.0. The summed E-state index contributed by atoms with van der Waals surface area (Å²) in [7, 11) is 0. The molecule has 0 fully saturated rings. The fourth-order valence-corrected chi connectivity index (χ4v) is 2.67. The molecule has 0 atom stereocenters. The second-order valence-corrected chi connectivity index (χ2v) is 6.38. The van der Waals surface area contributed by atoms with Crippen molar-refractivity contribution in [2.75, 3.05) is 0 Å².